The topological polar surface area (TPSA) is 42.1 Å². The van der Waals surface area contributed by atoms with E-state index in [1.807, 2.05) is 35.7 Å². The Kier molecular flexibility index (Phi) is 2.64. The first-order chi connectivity index (χ1) is 8.81. The molecule has 0 fully saturated rings. The lowest BCUT2D eigenvalue weighted by molar-refractivity contribution is 0.104. The summed E-state index contributed by atoms with van der Waals surface area (Å²) in [5, 5.41) is 2.75. The van der Waals surface area contributed by atoms with Crippen LogP contribution in [0, 0.1) is 0 Å². The van der Waals surface area contributed by atoms with Crippen LogP contribution < -0.4 is 4.74 Å². The normalized spacial score (nSPS) is 10.7. The lowest BCUT2D eigenvalue weighted by Gasteiger charge is -2.03. The van der Waals surface area contributed by atoms with Crippen LogP contribution in [0.25, 0.3) is 10.9 Å². The molecular formula is C14H11NO2S. The lowest BCUT2D eigenvalue weighted by atomic mass is 10.1. The van der Waals surface area contributed by atoms with Gasteiger partial charge in [0.15, 0.2) is 0 Å². The number of carbonyl (C=O) groups excluding carboxylic acids is 1. The number of nitrogens with one attached hydrogen (secondary N) is 1. The van der Waals surface area contributed by atoms with E-state index in [1.54, 1.807) is 13.3 Å². The van der Waals surface area contributed by atoms with Crippen molar-refractivity contribution in [2.75, 3.05) is 7.11 Å². The maximum atomic E-state index is 12.4. The second-order valence-corrected chi connectivity index (χ2v) is 4.84. The fourth-order valence-corrected chi connectivity index (χ4v) is 2.72. The molecule has 0 bridgehead atoms. The van der Waals surface area contributed by atoms with Crippen LogP contribution in [-0.2, 0) is 0 Å². The first-order valence-electron chi connectivity index (χ1n) is 5.53. The molecule has 18 heavy (non-hydrogen) atoms. The molecule has 3 nitrogen and oxygen atoms in total. The molecule has 0 saturated heterocycles. The van der Waals surface area contributed by atoms with E-state index in [0.29, 0.717) is 11.3 Å². The molecule has 0 amide bonds. The Morgan fingerprint density at radius 2 is 2.17 bits per heavy atom. The highest BCUT2D eigenvalue weighted by atomic mass is 32.1. The molecule has 0 unspecified atom stereocenters. The van der Waals surface area contributed by atoms with Crippen LogP contribution in [-0.4, -0.2) is 17.9 Å². The van der Waals surface area contributed by atoms with Gasteiger partial charge in [-0.3, -0.25) is 4.79 Å². The Morgan fingerprint density at radius 3 is 2.89 bits per heavy atom. The van der Waals surface area contributed by atoms with Crippen LogP contribution in [0.15, 0.2) is 41.9 Å². The third-order valence-corrected chi connectivity index (χ3v) is 3.75. The first kappa shape index (κ1) is 11.0. The molecular weight excluding hydrogens is 246 g/mol. The summed E-state index contributed by atoms with van der Waals surface area (Å²) in [6, 6.07) is 9.41. The van der Waals surface area contributed by atoms with Crippen LogP contribution >= 0.6 is 11.3 Å². The number of H-pyrrole nitrogens is 1. The molecule has 0 spiro atoms. The Hall–Kier alpha value is -2.07. The molecule has 2 heterocycles. The molecule has 4 heteroatoms. The standard InChI is InChI=1S/C14H11NO2S/c1-17-11-5-2-4-10-13(11)9(8-15-10)14(16)12-6-3-7-18-12/h2-8,15H,1H3. The zero-order chi connectivity index (χ0) is 12.5. The van der Waals surface area contributed by atoms with E-state index >= 15 is 0 Å². The lowest BCUT2D eigenvalue weighted by Crippen LogP contribution is -1.97. The summed E-state index contributed by atoms with van der Waals surface area (Å²) < 4.78 is 5.33. The number of carbonyl (C=O) groups is 1. The van der Waals surface area contributed by atoms with Crippen LogP contribution in [0.1, 0.15) is 15.2 Å². The van der Waals surface area contributed by atoms with Crippen molar-refractivity contribution in [2.24, 2.45) is 0 Å². The van der Waals surface area contributed by atoms with Gasteiger partial charge in [0.2, 0.25) is 5.78 Å². The molecule has 0 aliphatic rings. The van der Waals surface area contributed by atoms with Gasteiger partial charge in [-0.2, -0.15) is 0 Å². The predicted octanol–water partition coefficient (Wildman–Crippen LogP) is 3.47. The fourth-order valence-electron chi connectivity index (χ4n) is 2.04. The number of methoxy groups -OCH3 is 1. The minimum absolute atomic E-state index is 0.0285. The Morgan fingerprint density at radius 1 is 1.28 bits per heavy atom. The number of aromatic nitrogens is 1. The summed E-state index contributed by atoms with van der Waals surface area (Å²) in [7, 11) is 1.61. The summed E-state index contributed by atoms with van der Waals surface area (Å²) in [5.41, 5.74) is 1.57. The smallest absolute Gasteiger partial charge is 0.205 e. The number of hydrogen-bond acceptors (Lipinski definition) is 3. The summed E-state index contributed by atoms with van der Waals surface area (Å²) in [6.45, 7) is 0. The van der Waals surface area contributed by atoms with Gasteiger partial charge in [-0.05, 0) is 23.6 Å². The van der Waals surface area contributed by atoms with Crippen LogP contribution in [0.5, 0.6) is 5.75 Å². The molecule has 0 saturated carbocycles. The van der Waals surface area contributed by atoms with Crippen molar-refractivity contribution in [1.29, 1.82) is 0 Å². The molecule has 1 N–H and O–H groups in total. The fraction of sp³-hybridized carbons (Fsp3) is 0.0714. The Labute approximate surface area is 108 Å². The predicted molar refractivity (Wildman–Crippen MR) is 72.6 cm³/mol. The van der Waals surface area contributed by atoms with Crippen molar-refractivity contribution in [1.82, 2.24) is 4.98 Å². The minimum Gasteiger partial charge on any atom is -0.496 e. The van der Waals surface area contributed by atoms with E-state index in [2.05, 4.69) is 4.98 Å². The molecule has 90 valence electrons. The van der Waals surface area contributed by atoms with E-state index in [1.165, 1.54) is 11.3 Å². The second-order valence-electron chi connectivity index (χ2n) is 3.89. The Bertz CT molecular complexity index is 698. The van der Waals surface area contributed by atoms with E-state index < -0.39 is 0 Å². The highest BCUT2D eigenvalue weighted by Gasteiger charge is 2.17. The van der Waals surface area contributed by atoms with Crippen molar-refractivity contribution in [3.8, 4) is 5.75 Å². The van der Waals surface area contributed by atoms with Crippen LogP contribution in [0.4, 0.5) is 0 Å². The molecule has 0 aliphatic heterocycles. The molecule has 3 aromatic rings. The maximum Gasteiger partial charge on any atom is 0.205 e. The van der Waals surface area contributed by atoms with Gasteiger partial charge < -0.3 is 9.72 Å². The number of fused-ring (bicyclic) bond motifs is 1. The van der Waals surface area contributed by atoms with Crippen molar-refractivity contribution in [3.63, 3.8) is 0 Å². The van der Waals surface area contributed by atoms with Crippen LogP contribution in [0.3, 0.4) is 0 Å². The molecule has 0 atom stereocenters. The number of thiophene rings is 1. The zero-order valence-electron chi connectivity index (χ0n) is 9.77. The van der Waals surface area contributed by atoms with Crippen molar-refractivity contribution in [3.05, 3.63) is 52.3 Å². The number of benzene rings is 1. The minimum atomic E-state index is 0.0285. The summed E-state index contributed by atoms with van der Waals surface area (Å²) in [4.78, 5) is 16.2. The van der Waals surface area contributed by atoms with Gasteiger partial charge in [0, 0.05) is 11.7 Å². The SMILES string of the molecule is COc1cccc2[nH]cc(C(=O)c3cccs3)c12. The average molecular weight is 257 g/mol. The van der Waals surface area contributed by atoms with E-state index in [-0.39, 0.29) is 5.78 Å². The number of ether oxygens (including phenoxy) is 1. The molecule has 2 aromatic heterocycles. The van der Waals surface area contributed by atoms with E-state index in [0.717, 1.165) is 15.8 Å². The Balaban J connectivity index is 2.21. The highest BCUT2D eigenvalue weighted by Crippen LogP contribution is 2.30. The van der Waals surface area contributed by atoms with Crippen molar-refractivity contribution >= 4 is 28.0 Å². The van der Waals surface area contributed by atoms with Gasteiger partial charge in [0.25, 0.3) is 0 Å². The van der Waals surface area contributed by atoms with Gasteiger partial charge in [-0.1, -0.05) is 12.1 Å². The first-order valence-corrected chi connectivity index (χ1v) is 6.41. The zero-order valence-corrected chi connectivity index (χ0v) is 10.6. The summed E-state index contributed by atoms with van der Waals surface area (Å²) in [5.74, 6) is 0.745. The highest BCUT2D eigenvalue weighted by molar-refractivity contribution is 7.12. The van der Waals surface area contributed by atoms with E-state index in [9.17, 15) is 4.79 Å². The number of aromatic amines is 1. The van der Waals surface area contributed by atoms with Gasteiger partial charge in [0.05, 0.1) is 22.9 Å². The summed E-state index contributed by atoms with van der Waals surface area (Å²) in [6.07, 6.45) is 1.75. The van der Waals surface area contributed by atoms with Crippen LogP contribution in [0.2, 0.25) is 0 Å². The van der Waals surface area contributed by atoms with Gasteiger partial charge in [-0.25, -0.2) is 0 Å². The third kappa shape index (κ3) is 1.62. The van der Waals surface area contributed by atoms with Crippen molar-refractivity contribution < 1.29 is 9.53 Å². The maximum absolute atomic E-state index is 12.4. The molecule has 0 radical (unpaired) electrons. The summed E-state index contributed by atoms with van der Waals surface area (Å²) >= 11 is 1.45. The largest absolute Gasteiger partial charge is 0.496 e. The van der Waals surface area contributed by atoms with E-state index in [4.69, 9.17) is 4.74 Å². The average Bonchev–Trinajstić information content (AvgIpc) is 3.06. The van der Waals surface area contributed by atoms with Gasteiger partial charge in [-0.15, -0.1) is 11.3 Å². The number of ketones is 1. The van der Waals surface area contributed by atoms with Gasteiger partial charge in [0.1, 0.15) is 5.75 Å². The monoisotopic (exact) mass is 257 g/mol. The van der Waals surface area contributed by atoms with Crippen molar-refractivity contribution in [2.45, 2.75) is 0 Å². The second kappa shape index (κ2) is 4.31. The third-order valence-electron chi connectivity index (χ3n) is 2.88. The number of rotatable bonds is 3. The van der Waals surface area contributed by atoms with Gasteiger partial charge >= 0.3 is 0 Å². The molecule has 0 aliphatic carbocycles. The quantitative estimate of drug-likeness (QED) is 0.730. The number of hydrogen-bond donors (Lipinski definition) is 1. The molecule has 1 aromatic carbocycles. The molecule has 3 rings (SSSR count).